The molecule has 1 aliphatic heterocycles. The fourth-order valence-corrected chi connectivity index (χ4v) is 5.35. The van der Waals surface area contributed by atoms with E-state index in [4.69, 9.17) is 4.74 Å². The molecule has 3 aromatic carbocycles. The SMILES string of the molecule is CCOc1cccc(C2(N3CCN(Cc4ccccc4C)CC3)C(=O)c3ccccc3C2=O)c1. The predicted octanol–water partition coefficient (Wildman–Crippen LogP) is 4.49. The number of aryl methyl sites for hydroxylation is 1. The van der Waals surface area contributed by atoms with Crippen LogP contribution in [0.2, 0.25) is 0 Å². The monoisotopic (exact) mass is 454 g/mol. The largest absolute Gasteiger partial charge is 0.494 e. The predicted molar refractivity (Wildman–Crippen MR) is 132 cm³/mol. The minimum atomic E-state index is -1.34. The number of hydrogen-bond acceptors (Lipinski definition) is 5. The Morgan fingerprint density at radius 2 is 1.47 bits per heavy atom. The molecule has 1 saturated heterocycles. The molecule has 0 unspecified atom stereocenters. The highest BCUT2D eigenvalue weighted by Crippen LogP contribution is 2.43. The van der Waals surface area contributed by atoms with Gasteiger partial charge in [-0.25, -0.2) is 0 Å². The van der Waals surface area contributed by atoms with Crippen LogP contribution in [0, 0.1) is 6.92 Å². The van der Waals surface area contributed by atoms with Crippen molar-refractivity contribution in [1.82, 2.24) is 9.80 Å². The lowest BCUT2D eigenvalue weighted by Crippen LogP contribution is -2.60. The van der Waals surface area contributed by atoms with Crippen molar-refractivity contribution in [3.8, 4) is 5.75 Å². The summed E-state index contributed by atoms with van der Waals surface area (Å²) in [5.74, 6) is 0.414. The summed E-state index contributed by atoms with van der Waals surface area (Å²) < 4.78 is 5.73. The fourth-order valence-electron chi connectivity index (χ4n) is 5.35. The van der Waals surface area contributed by atoms with Gasteiger partial charge in [0.2, 0.25) is 0 Å². The van der Waals surface area contributed by atoms with Crippen LogP contribution in [0.1, 0.15) is 44.3 Å². The minimum absolute atomic E-state index is 0.130. The third kappa shape index (κ3) is 3.65. The molecule has 0 bridgehead atoms. The summed E-state index contributed by atoms with van der Waals surface area (Å²) in [4.78, 5) is 32.5. The van der Waals surface area contributed by atoms with E-state index in [1.54, 1.807) is 12.1 Å². The number of Topliss-reactive ketones (excluding diaryl/α,β-unsaturated/α-hetero) is 2. The van der Waals surface area contributed by atoms with Crippen molar-refractivity contribution < 1.29 is 14.3 Å². The van der Waals surface area contributed by atoms with Crippen molar-refractivity contribution in [2.24, 2.45) is 0 Å². The zero-order chi connectivity index (χ0) is 23.7. The summed E-state index contributed by atoms with van der Waals surface area (Å²) >= 11 is 0. The van der Waals surface area contributed by atoms with Gasteiger partial charge in [-0.05, 0) is 42.7 Å². The van der Waals surface area contributed by atoms with E-state index in [0.29, 0.717) is 42.1 Å². The number of benzene rings is 3. The molecule has 1 heterocycles. The summed E-state index contributed by atoms with van der Waals surface area (Å²) in [6, 6.07) is 23.2. The number of ether oxygens (including phenoxy) is 1. The first kappa shape index (κ1) is 22.5. The molecule has 0 N–H and O–H groups in total. The standard InChI is InChI=1S/C29H30N2O3/c1-3-34-24-12-8-11-23(19-24)29(27(32)25-13-6-7-14-26(25)28(29)33)31-17-15-30(16-18-31)20-22-10-5-4-9-21(22)2/h4-14,19H,3,15-18,20H2,1-2H3. The fraction of sp³-hybridized carbons (Fsp3) is 0.310. The van der Waals surface area contributed by atoms with Gasteiger partial charge in [-0.1, -0.05) is 60.7 Å². The zero-order valence-electron chi connectivity index (χ0n) is 19.8. The molecule has 5 nitrogen and oxygen atoms in total. The second-order valence-corrected chi connectivity index (χ2v) is 9.06. The number of ketones is 2. The molecular weight excluding hydrogens is 424 g/mol. The number of hydrogen-bond donors (Lipinski definition) is 0. The van der Waals surface area contributed by atoms with Crippen LogP contribution in [-0.4, -0.2) is 54.2 Å². The highest BCUT2D eigenvalue weighted by molar-refractivity contribution is 6.32. The van der Waals surface area contributed by atoms with Crippen molar-refractivity contribution in [1.29, 1.82) is 0 Å². The van der Waals surface area contributed by atoms with Crippen molar-refractivity contribution in [3.63, 3.8) is 0 Å². The molecule has 1 fully saturated rings. The average Bonchev–Trinajstić information content (AvgIpc) is 3.09. The molecule has 34 heavy (non-hydrogen) atoms. The van der Waals surface area contributed by atoms with Crippen LogP contribution in [0.3, 0.4) is 0 Å². The Bertz CT molecular complexity index is 1190. The number of nitrogens with zero attached hydrogens (tertiary/aromatic N) is 2. The maximum atomic E-state index is 14.0. The van der Waals surface area contributed by atoms with E-state index in [0.717, 1.165) is 19.6 Å². The van der Waals surface area contributed by atoms with Crippen molar-refractivity contribution in [2.45, 2.75) is 25.9 Å². The van der Waals surface area contributed by atoms with Crippen LogP contribution in [-0.2, 0) is 12.1 Å². The van der Waals surface area contributed by atoms with Crippen LogP contribution in [0.4, 0.5) is 0 Å². The van der Waals surface area contributed by atoms with Gasteiger partial charge in [-0.2, -0.15) is 0 Å². The van der Waals surface area contributed by atoms with E-state index in [-0.39, 0.29) is 11.6 Å². The maximum absolute atomic E-state index is 14.0. The lowest BCUT2D eigenvalue weighted by molar-refractivity contribution is 0.0278. The Labute approximate surface area is 201 Å². The Balaban J connectivity index is 1.49. The summed E-state index contributed by atoms with van der Waals surface area (Å²) in [6.45, 7) is 8.31. The molecule has 0 amide bonds. The van der Waals surface area contributed by atoms with Gasteiger partial charge in [0, 0.05) is 43.9 Å². The van der Waals surface area contributed by atoms with Crippen LogP contribution >= 0.6 is 0 Å². The summed E-state index contributed by atoms with van der Waals surface area (Å²) in [5, 5.41) is 0. The number of rotatable bonds is 6. The third-order valence-electron chi connectivity index (χ3n) is 7.14. The van der Waals surface area contributed by atoms with Gasteiger partial charge in [0.25, 0.3) is 0 Å². The number of carbonyl (C=O) groups is 2. The number of carbonyl (C=O) groups excluding carboxylic acids is 2. The van der Waals surface area contributed by atoms with Gasteiger partial charge >= 0.3 is 0 Å². The minimum Gasteiger partial charge on any atom is -0.494 e. The Hall–Kier alpha value is -3.28. The maximum Gasteiger partial charge on any atom is 0.196 e. The first-order valence-electron chi connectivity index (χ1n) is 12.0. The lowest BCUT2D eigenvalue weighted by Gasteiger charge is -2.44. The average molecular weight is 455 g/mol. The van der Waals surface area contributed by atoms with E-state index in [1.165, 1.54) is 11.1 Å². The molecule has 0 atom stereocenters. The summed E-state index contributed by atoms with van der Waals surface area (Å²) in [5.41, 5.74) is 2.97. The molecular formula is C29H30N2O3. The van der Waals surface area contributed by atoms with E-state index >= 15 is 0 Å². The normalized spacial score (nSPS) is 18.2. The topological polar surface area (TPSA) is 49.9 Å². The van der Waals surface area contributed by atoms with Crippen LogP contribution < -0.4 is 4.74 Å². The first-order chi connectivity index (χ1) is 16.6. The van der Waals surface area contributed by atoms with Gasteiger partial charge in [0.05, 0.1) is 6.61 Å². The molecule has 1 aliphatic carbocycles. The Morgan fingerprint density at radius 3 is 2.12 bits per heavy atom. The van der Waals surface area contributed by atoms with Gasteiger partial charge < -0.3 is 4.74 Å². The van der Waals surface area contributed by atoms with Gasteiger partial charge in [-0.3, -0.25) is 19.4 Å². The van der Waals surface area contributed by atoms with E-state index < -0.39 is 5.54 Å². The zero-order valence-corrected chi connectivity index (χ0v) is 19.8. The third-order valence-corrected chi connectivity index (χ3v) is 7.14. The van der Waals surface area contributed by atoms with Gasteiger partial charge in [0.15, 0.2) is 17.1 Å². The molecule has 0 spiro atoms. The van der Waals surface area contributed by atoms with Crippen molar-refractivity contribution >= 4 is 11.6 Å². The van der Waals surface area contributed by atoms with Crippen molar-refractivity contribution in [2.75, 3.05) is 32.8 Å². The molecule has 174 valence electrons. The Kier molecular flexibility index (Phi) is 6.07. The smallest absolute Gasteiger partial charge is 0.196 e. The van der Waals surface area contributed by atoms with Gasteiger partial charge in [0.1, 0.15) is 5.75 Å². The summed E-state index contributed by atoms with van der Waals surface area (Å²) in [6.07, 6.45) is 0. The molecule has 0 aromatic heterocycles. The lowest BCUT2D eigenvalue weighted by atomic mass is 9.82. The highest BCUT2D eigenvalue weighted by Gasteiger charge is 2.58. The van der Waals surface area contributed by atoms with Crippen LogP contribution in [0.5, 0.6) is 5.75 Å². The van der Waals surface area contributed by atoms with Crippen LogP contribution in [0.25, 0.3) is 0 Å². The van der Waals surface area contributed by atoms with E-state index in [9.17, 15) is 9.59 Å². The number of piperazine rings is 1. The van der Waals surface area contributed by atoms with Crippen LogP contribution in [0.15, 0.2) is 72.8 Å². The van der Waals surface area contributed by atoms with Gasteiger partial charge in [-0.15, -0.1) is 0 Å². The Morgan fingerprint density at radius 1 is 0.824 bits per heavy atom. The van der Waals surface area contributed by atoms with E-state index in [1.807, 2.05) is 43.3 Å². The molecule has 0 saturated carbocycles. The second-order valence-electron chi connectivity index (χ2n) is 9.06. The molecule has 2 aliphatic rings. The van der Waals surface area contributed by atoms with Crippen molar-refractivity contribution in [3.05, 3.63) is 101 Å². The van der Waals surface area contributed by atoms with E-state index in [2.05, 4.69) is 41.0 Å². The molecule has 0 radical (unpaired) electrons. The first-order valence-corrected chi connectivity index (χ1v) is 12.0. The molecule has 5 heteroatoms. The summed E-state index contributed by atoms with van der Waals surface area (Å²) in [7, 11) is 0. The quantitative estimate of drug-likeness (QED) is 0.514. The second kappa shape index (κ2) is 9.16. The highest BCUT2D eigenvalue weighted by atomic mass is 16.5. The molecule has 3 aromatic rings. The number of fused-ring (bicyclic) bond motifs is 1. The molecule has 5 rings (SSSR count).